The molecule has 0 N–H and O–H groups in total. The van der Waals surface area contributed by atoms with Gasteiger partial charge in [-0.2, -0.15) is 5.10 Å². The summed E-state index contributed by atoms with van der Waals surface area (Å²) in [4.78, 5) is 12.0. The molecule has 7 heteroatoms. The number of carboxylic acid groups (broad SMARTS) is 1. The molecule has 2 aromatic heterocycles. The van der Waals surface area contributed by atoms with Crippen LogP contribution in [-0.4, -0.2) is 22.9 Å². The Labute approximate surface area is 135 Å². The van der Waals surface area contributed by atoms with Crippen LogP contribution >= 0.6 is 22.9 Å². The van der Waals surface area contributed by atoms with Crippen molar-refractivity contribution in [3.8, 4) is 22.0 Å². The average molecular weight is 334 g/mol. The molecular formula is C15H10ClN2O3S-. The van der Waals surface area contributed by atoms with Gasteiger partial charge in [0.25, 0.3) is 0 Å². The molecule has 0 radical (unpaired) electrons. The van der Waals surface area contributed by atoms with Crippen molar-refractivity contribution in [1.82, 2.24) is 9.78 Å². The fraction of sp³-hybridized carbons (Fsp3) is 0.0667. The van der Waals surface area contributed by atoms with Crippen LogP contribution < -0.4 is 9.84 Å². The molecule has 0 amide bonds. The quantitative estimate of drug-likeness (QED) is 0.736. The first-order valence-corrected chi connectivity index (χ1v) is 7.55. The highest BCUT2D eigenvalue weighted by atomic mass is 35.5. The van der Waals surface area contributed by atoms with Crippen molar-refractivity contribution in [1.29, 1.82) is 0 Å². The van der Waals surface area contributed by atoms with Crippen molar-refractivity contribution in [3.05, 3.63) is 52.5 Å². The maximum Gasteiger partial charge on any atom is 0.137 e. The van der Waals surface area contributed by atoms with Gasteiger partial charge in [-0.3, -0.25) is 0 Å². The average Bonchev–Trinajstić information content (AvgIpc) is 3.16. The van der Waals surface area contributed by atoms with Crippen LogP contribution in [0.25, 0.3) is 16.3 Å². The zero-order valence-corrected chi connectivity index (χ0v) is 13.0. The minimum atomic E-state index is -1.32. The van der Waals surface area contributed by atoms with Gasteiger partial charge in [0.05, 0.1) is 34.4 Å². The molecule has 0 saturated heterocycles. The Bertz CT molecular complexity index is 827. The number of ether oxygens (including phenoxy) is 1. The van der Waals surface area contributed by atoms with E-state index in [2.05, 4.69) is 5.10 Å². The van der Waals surface area contributed by atoms with Gasteiger partial charge >= 0.3 is 0 Å². The predicted molar refractivity (Wildman–Crippen MR) is 82.8 cm³/mol. The Hall–Kier alpha value is -2.31. The van der Waals surface area contributed by atoms with E-state index in [1.165, 1.54) is 29.2 Å². The number of thiophene rings is 1. The molecule has 0 spiro atoms. The highest BCUT2D eigenvalue weighted by Crippen LogP contribution is 2.31. The largest absolute Gasteiger partial charge is 0.543 e. The summed E-state index contributed by atoms with van der Waals surface area (Å²) < 4.78 is 6.65. The Morgan fingerprint density at radius 3 is 2.77 bits per heavy atom. The molecule has 0 aliphatic heterocycles. The van der Waals surface area contributed by atoms with E-state index in [-0.39, 0.29) is 5.69 Å². The van der Waals surface area contributed by atoms with Gasteiger partial charge in [0.1, 0.15) is 11.4 Å². The molecule has 0 bridgehead atoms. The molecule has 112 valence electrons. The number of nitrogens with zero attached hydrogens (tertiary/aromatic N) is 2. The summed E-state index contributed by atoms with van der Waals surface area (Å²) in [5.41, 5.74) is 1.17. The highest BCUT2D eigenvalue weighted by Gasteiger charge is 2.14. The molecule has 5 nitrogen and oxygen atoms in total. The molecule has 0 aliphatic carbocycles. The lowest BCUT2D eigenvalue weighted by Crippen LogP contribution is -2.22. The van der Waals surface area contributed by atoms with E-state index in [1.54, 1.807) is 18.2 Å². The Kier molecular flexibility index (Phi) is 3.87. The molecular weight excluding hydrogens is 324 g/mol. The predicted octanol–water partition coefficient (Wildman–Crippen LogP) is 2.63. The molecule has 2 heterocycles. The number of rotatable bonds is 4. The van der Waals surface area contributed by atoms with E-state index in [1.807, 2.05) is 17.5 Å². The Morgan fingerprint density at radius 1 is 1.36 bits per heavy atom. The lowest BCUT2D eigenvalue weighted by Gasteiger charge is -2.09. The van der Waals surface area contributed by atoms with Gasteiger partial charge in [-0.15, -0.1) is 11.3 Å². The van der Waals surface area contributed by atoms with Gasteiger partial charge in [-0.1, -0.05) is 17.7 Å². The first kappa shape index (κ1) is 14.6. The minimum Gasteiger partial charge on any atom is -0.543 e. The van der Waals surface area contributed by atoms with E-state index in [9.17, 15) is 9.90 Å². The summed E-state index contributed by atoms with van der Waals surface area (Å²) in [6.45, 7) is 0. The van der Waals surface area contributed by atoms with Gasteiger partial charge in [-0.05, 0) is 35.7 Å². The summed E-state index contributed by atoms with van der Waals surface area (Å²) in [5.74, 6) is -0.786. The smallest absolute Gasteiger partial charge is 0.137 e. The summed E-state index contributed by atoms with van der Waals surface area (Å²) in [6, 6.07) is 10.4. The monoisotopic (exact) mass is 333 g/mol. The van der Waals surface area contributed by atoms with Crippen LogP contribution in [-0.2, 0) is 0 Å². The molecule has 22 heavy (non-hydrogen) atoms. The zero-order chi connectivity index (χ0) is 15.7. The van der Waals surface area contributed by atoms with Gasteiger partial charge in [0.15, 0.2) is 0 Å². The fourth-order valence-electron chi connectivity index (χ4n) is 2.06. The molecule has 3 rings (SSSR count). The van der Waals surface area contributed by atoms with Crippen molar-refractivity contribution in [2.24, 2.45) is 0 Å². The molecule has 0 saturated carbocycles. The van der Waals surface area contributed by atoms with Crippen molar-refractivity contribution in [3.63, 3.8) is 0 Å². The fourth-order valence-corrected chi connectivity index (χ4v) is 3.04. The van der Waals surface area contributed by atoms with Gasteiger partial charge in [0.2, 0.25) is 0 Å². The standard InChI is InChI=1S/C15H11ClN2O3S/c1-21-13-5-4-9(7-10(13)16)18-12(14-3-2-6-22-14)8-11(17-18)15(19)20/h2-8H,1H3,(H,19,20)/p-1. The van der Waals surface area contributed by atoms with Gasteiger partial charge < -0.3 is 14.6 Å². The third kappa shape index (κ3) is 2.58. The normalized spacial score (nSPS) is 10.6. The van der Waals surface area contributed by atoms with E-state index < -0.39 is 5.97 Å². The van der Waals surface area contributed by atoms with Crippen LogP contribution in [0.4, 0.5) is 0 Å². The van der Waals surface area contributed by atoms with E-state index in [0.29, 0.717) is 22.2 Å². The van der Waals surface area contributed by atoms with Crippen molar-refractivity contribution in [2.75, 3.05) is 7.11 Å². The first-order chi connectivity index (χ1) is 10.6. The number of hydrogen-bond donors (Lipinski definition) is 0. The number of carbonyl (C=O) groups excluding carboxylic acids is 1. The van der Waals surface area contributed by atoms with Crippen LogP contribution in [0.15, 0.2) is 41.8 Å². The number of benzene rings is 1. The molecule has 0 fully saturated rings. The number of carbonyl (C=O) groups is 1. The lowest BCUT2D eigenvalue weighted by atomic mass is 10.2. The van der Waals surface area contributed by atoms with Crippen LogP contribution in [0.3, 0.4) is 0 Å². The number of hydrogen-bond acceptors (Lipinski definition) is 5. The number of aromatic carboxylic acids is 1. The third-order valence-electron chi connectivity index (χ3n) is 3.07. The molecule has 3 aromatic rings. The van der Waals surface area contributed by atoms with Crippen molar-refractivity contribution >= 4 is 28.9 Å². The maximum absolute atomic E-state index is 11.1. The lowest BCUT2D eigenvalue weighted by molar-refractivity contribution is -0.255. The molecule has 0 atom stereocenters. The third-order valence-corrected chi connectivity index (χ3v) is 4.26. The molecule has 1 aromatic carbocycles. The summed E-state index contributed by atoms with van der Waals surface area (Å²) in [6.07, 6.45) is 0. The van der Waals surface area contributed by atoms with Crippen molar-refractivity contribution < 1.29 is 14.6 Å². The topological polar surface area (TPSA) is 67.2 Å². The van der Waals surface area contributed by atoms with E-state index in [4.69, 9.17) is 16.3 Å². The van der Waals surface area contributed by atoms with E-state index >= 15 is 0 Å². The van der Waals surface area contributed by atoms with E-state index in [0.717, 1.165) is 4.88 Å². The summed E-state index contributed by atoms with van der Waals surface area (Å²) in [7, 11) is 1.53. The van der Waals surface area contributed by atoms with Gasteiger partial charge in [-0.25, -0.2) is 4.68 Å². The maximum atomic E-state index is 11.1. The molecule has 0 unspecified atom stereocenters. The second kappa shape index (κ2) is 5.82. The highest BCUT2D eigenvalue weighted by molar-refractivity contribution is 7.13. The van der Waals surface area contributed by atoms with Crippen LogP contribution in [0.5, 0.6) is 5.75 Å². The summed E-state index contributed by atoms with van der Waals surface area (Å²) >= 11 is 7.62. The SMILES string of the molecule is COc1ccc(-n2nc(C(=O)[O-])cc2-c2cccs2)cc1Cl. The van der Waals surface area contributed by atoms with Crippen molar-refractivity contribution in [2.45, 2.75) is 0 Å². The van der Waals surface area contributed by atoms with Gasteiger partial charge in [0, 0.05) is 0 Å². The van der Waals surface area contributed by atoms with Crippen LogP contribution in [0.2, 0.25) is 5.02 Å². The second-order valence-electron chi connectivity index (χ2n) is 4.41. The van der Waals surface area contributed by atoms with Crippen LogP contribution in [0.1, 0.15) is 10.5 Å². The number of carboxylic acids is 1. The number of methoxy groups -OCH3 is 1. The zero-order valence-electron chi connectivity index (χ0n) is 11.4. The number of halogens is 1. The Balaban J connectivity index is 2.17. The second-order valence-corrected chi connectivity index (χ2v) is 5.77. The molecule has 0 aliphatic rings. The number of aromatic nitrogens is 2. The first-order valence-electron chi connectivity index (χ1n) is 6.29. The Morgan fingerprint density at radius 2 is 2.18 bits per heavy atom. The minimum absolute atomic E-state index is 0.129. The van der Waals surface area contributed by atoms with Crippen LogP contribution in [0, 0.1) is 0 Å². The summed E-state index contributed by atoms with van der Waals surface area (Å²) in [5, 5.41) is 17.5.